The normalized spacial score (nSPS) is 13.1. The summed E-state index contributed by atoms with van der Waals surface area (Å²) < 4.78 is 16.1. The van der Waals surface area contributed by atoms with Crippen molar-refractivity contribution in [1.82, 2.24) is 0 Å². The first kappa shape index (κ1) is 13.8. The van der Waals surface area contributed by atoms with Gasteiger partial charge in [0.2, 0.25) is 0 Å². The van der Waals surface area contributed by atoms with Crippen LogP contribution in [0.25, 0.3) is 0 Å². The Morgan fingerprint density at radius 2 is 1.79 bits per heavy atom. The molecule has 4 nitrogen and oxygen atoms in total. The lowest BCUT2D eigenvalue weighted by atomic mass is 10.4. The van der Waals surface area contributed by atoms with E-state index in [1.54, 1.807) is 0 Å². The van der Waals surface area contributed by atoms with Gasteiger partial charge in [0.25, 0.3) is 0 Å². The van der Waals surface area contributed by atoms with E-state index >= 15 is 0 Å². The molecule has 0 aromatic carbocycles. The second-order valence-corrected chi connectivity index (χ2v) is 2.95. The highest BCUT2D eigenvalue weighted by molar-refractivity contribution is 4.54. The molecule has 0 spiro atoms. The van der Waals surface area contributed by atoms with Crippen molar-refractivity contribution in [3.05, 3.63) is 0 Å². The van der Waals surface area contributed by atoms with Crippen LogP contribution in [-0.4, -0.2) is 45.7 Å². The summed E-state index contributed by atoms with van der Waals surface area (Å²) in [5, 5.41) is 0. The van der Waals surface area contributed by atoms with E-state index in [4.69, 9.17) is 19.9 Å². The lowest BCUT2D eigenvalue weighted by molar-refractivity contribution is -0.0544. The van der Waals surface area contributed by atoms with E-state index < -0.39 is 0 Å². The molecule has 0 bridgehead atoms. The van der Waals surface area contributed by atoms with Crippen molar-refractivity contribution in [3.63, 3.8) is 0 Å². The monoisotopic (exact) mass is 205 g/mol. The van der Waals surface area contributed by atoms with Gasteiger partial charge in [0, 0.05) is 19.8 Å². The minimum atomic E-state index is 0.0534. The summed E-state index contributed by atoms with van der Waals surface area (Å²) in [7, 11) is 0. The van der Waals surface area contributed by atoms with Crippen LogP contribution in [0, 0.1) is 0 Å². The van der Waals surface area contributed by atoms with Gasteiger partial charge in [0.05, 0.1) is 13.2 Å². The molecule has 1 atom stereocenters. The highest BCUT2D eigenvalue weighted by Gasteiger charge is 2.07. The molecule has 0 saturated carbocycles. The molecule has 0 rings (SSSR count). The smallest absolute Gasteiger partial charge is 0.104 e. The Bertz CT molecular complexity index is 112. The summed E-state index contributed by atoms with van der Waals surface area (Å²) in [5.41, 5.74) is 5.35. The maximum Gasteiger partial charge on any atom is 0.104 e. The minimum Gasteiger partial charge on any atom is -0.379 e. The van der Waals surface area contributed by atoms with Gasteiger partial charge in [0.1, 0.15) is 6.10 Å². The van der Waals surface area contributed by atoms with Crippen LogP contribution in [0.3, 0.4) is 0 Å². The molecule has 4 heteroatoms. The summed E-state index contributed by atoms with van der Waals surface area (Å²) in [6, 6.07) is 0. The van der Waals surface area contributed by atoms with Crippen LogP contribution in [0.1, 0.15) is 20.3 Å². The maximum atomic E-state index is 5.44. The molecular formula is C10H23NO3. The van der Waals surface area contributed by atoms with E-state index in [9.17, 15) is 0 Å². The van der Waals surface area contributed by atoms with E-state index in [-0.39, 0.29) is 6.10 Å². The molecule has 0 aliphatic heterocycles. The molecule has 0 fully saturated rings. The predicted octanol–water partition coefficient (Wildman–Crippen LogP) is 0.793. The summed E-state index contributed by atoms with van der Waals surface area (Å²) in [6.07, 6.45) is 0.950. The molecule has 0 saturated heterocycles. The van der Waals surface area contributed by atoms with Crippen molar-refractivity contribution in [2.24, 2.45) is 5.73 Å². The predicted molar refractivity (Wildman–Crippen MR) is 56.4 cm³/mol. The van der Waals surface area contributed by atoms with Gasteiger partial charge >= 0.3 is 0 Å². The fourth-order valence-electron chi connectivity index (χ4n) is 1.03. The first-order chi connectivity index (χ1) is 6.85. The van der Waals surface area contributed by atoms with Crippen molar-refractivity contribution in [2.75, 3.05) is 39.6 Å². The van der Waals surface area contributed by atoms with Crippen LogP contribution in [0.2, 0.25) is 0 Å². The van der Waals surface area contributed by atoms with Gasteiger partial charge < -0.3 is 19.9 Å². The number of hydrogen-bond acceptors (Lipinski definition) is 4. The van der Waals surface area contributed by atoms with Crippen molar-refractivity contribution in [2.45, 2.75) is 26.4 Å². The summed E-state index contributed by atoms with van der Waals surface area (Å²) in [6.45, 7) is 7.92. The van der Waals surface area contributed by atoms with Gasteiger partial charge in [-0.15, -0.1) is 0 Å². The molecule has 0 aromatic rings. The van der Waals surface area contributed by atoms with Gasteiger partial charge in [-0.05, 0) is 26.8 Å². The third kappa shape index (κ3) is 8.44. The van der Waals surface area contributed by atoms with E-state index in [1.165, 1.54) is 0 Å². The zero-order valence-electron chi connectivity index (χ0n) is 9.33. The molecule has 0 aliphatic carbocycles. The third-order valence-electron chi connectivity index (χ3n) is 1.71. The fourth-order valence-corrected chi connectivity index (χ4v) is 1.03. The van der Waals surface area contributed by atoms with E-state index in [0.717, 1.165) is 6.42 Å². The highest BCUT2D eigenvalue weighted by Crippen LogP contribution is 1.95. The first-order valence-corrected chi connectivity index (χ1v) is 5.32. The van der Waals surface area contributed by atoms with Crippen molar-refractivity contribution in [1.29, 1.82) is 0 Å². The van der Waals surface area contributed by atoms with Gasteiger partial charge in [-0.1, -0.05) is 0 Å². The minimum absolute atomic E-state index is 0.0534. The van der Waals surface area contributed by atoms with Crippen LogP contribution in [0.15, 0.2) is 0 Å². The number of hydrogen-bond donors (Lipinski definition) is 1. The topological polar surface area (TPSA) is 53.7 Å². The Morgan fingerprint density at radius 1 is 1.07 bits per heavy atom. The van der Waals surface area contributed by atoms with Gasteiger partial charge in [-0.2, -0.15) is 0 Å². The second kappa shape index (κ2) is 10.9. The number of ether oxygens (including phenoxy) is 3. The average Bonchev–Trinajstić information content (AvgIpc) is 2.20. The lowest BCUT2D eigenvalue weighted by Crippen LogP contribution is -2.26. The Kier molecular flexibility index (Phi) is 10.8. The molecule has 1 unspecified atom stereocenters. The fraction of sp³-hybridized carbons (Fsp3) is 1.00. The Balaban J connectivity index is 3.40. The van der Waals surface area contributed by atoms with Crippen molar-refractivity contribution < 1.29 is 14.2 Å². The summed E-state index contributed by atoms with van der Waals surface area (Å²) >= 11 is 0. The molecule has 0 radical (unpaired) electrons. The molecular weight excluding hydrogens is 182 g/mol. The number of rotatable bonds is 10. The van der Waals surface area contributed by atoms with E-state index in [1.807, 2.05) is 13.8 Å². The van der Waals surface area contributed by atoms with Crippen LogP contribution in [-0.2, 0) is 14.2 Å². The number of nitrogens with two attached hydrogens (primary N) is 1. The SMILES string of the molecule is CCOCC(COCCCN)OCC. The maximum absolute atomic E-state index is 5.44. The van der Waals surface area contributed by atoms with Crippen LogP contribution in [0.4, 0.5) is 0 Å². The molecule has 0 aliphatic rings. The van der Waals surface area contributed by atoms with Crippen LogP contribution < -0.4 is 5.73 Å². The Labute approximate surface area is 86.7 Å². The van der Waals surface area contributed by atoms with Crippen molar-refractivity contribution >= 4 is 0 Å². The molecule has 14 heavy (non-hydrogen) atoms. The molecule has 0 aromatic heterocycles. The zero-order chi connectivity index (χ0) is 10.6. The third-order valence-corrected chi connectivity index (χ3v) is 1.71. The van der Waals surface area contributed by atoms with E-state index in [2.05, 4.69) is 0 Å². The quantitative estimate of drug-likeness (QED) is 0.536. The van der Waals surface area contributed by atoms with Gasteiger partial charge in [-0.3, -0.25) is 0 Å². The van der Waals surface area contributed by atoms with Crippen LogP contribution >= 0.6 is 0 Å². The summed E-state index contributed by atoms with van der Waals surface area (Å²) in [5.74, 6) is 0. The standard InChI is InChI=1S/C10H23NO3/c1-3-12-8-10(14-4-2)9-13-7-5-6-11/h10H,3-9,11H2,1-2H3. The zero-order valence-corrected chi connectivity index (χ0v) is 9.33. The lowest BCUT2D eigenvalue weighted by Gasteiger charge is -2.16. The van der Waals surface area contributed by atoms with Gasteiger partial charge in [-0.25, -0.2) is 0 Å². The van der Waals surface area contributed by atoms with Crippen molar-refractivity contribution in [3.8, 4) is 0 Å². The first-order valence-electron chi connectivity index (χ1n) is 5.32. The molecule has 0 amide bonds. The molecule has 2 N–H and O–H groups in total. The molecule has 0 heterocycles. The Morgan fingerprint density at radius 3 is 2.36 bits per heavy atom. The second-order valence-electron chi connectivity index (χ2n) is 2.95. The van der Waals surface area contributed by atoms with Gasteiger partial charge in [0.15, 0.2) is 0 Å². The summed E-state index contributed by atoms with van der Waals surface area (Å²) in [4.78, 5) is 0. The largest absolute Gasteiger partial charge is 0.379 e. The average molecular weight is 205 g/mol. The Hall–Kier alpha value is -0.160. The van der Waals surface area contributed by atoms with Crippen LogP contribution in [0.5, 0.6) is 0 Å². The van der Waals surface area contributed by atoms with E-state index in [0.29, 0.717) is 39.6 Å². The molecule has 86 valence electrons. The highest BCUT2D eigenvalue weighted by atomic mass is 16.6.